The smallest absolute Gasteiger partial charge is 0.229 e. The maximum atomic E-state index is 12.3. The number of fused-ring (bicyclic) bond motifs is 1. The molecule has 0 atom stereocenters. The molecule has 7 nitrogen and oxygen atoms in total. The van der Waals surface area contributed by atoms with Crippen LogP contribution < -0.4 is 19.9 Å². The maximum absolute atomic E-state index is 12.3. The first-order chi connectivity index (χ1) is 12.7. The third kappa shape index (κ3) is 2.94. The number of hydrogen-bond acceptors (Lipinski definition) is 6. The van der Waals surface area contributed by atoms with Crippen LogP contribution in [0.3, 0.4) is 0 Å². The Kier molecular flexibility index (Phi) is 4.36. The molecule has 1 aromatic carbocycles. The summed E-state index contributed by atoms with van der Waals surface area (Å²) in [5, 5.41) is 3.24. The Morgan fingerprint density at radius 3 is 2.81 bits per heavy atom. The van der Waals surface area contributed by atoms with Crippen molar-refractivity contribution in [2.75, 3.05) is 35.8 Å². The molecule has 0 bridgehead atoms. The molecule has 1 amide bonds. The summed E-state index contributed by atoms with van der Waals surface area (Å²) >= 11 is 0. The van der Waals surface area contributed by atoms with Crippen LogP contribution in [0.15, 0.2) is 30.5 Å². The van der Waals surface area contributed by atoms with E-state index in [9.17, 15) is 4.79 Å². The molecule has 136 valence electrons. The molecule has 1 fully saturated rings. The van der Waals surface area contributed by atoms with Gasteiger partial charge in [-0.3, -0.25) is 4.79 Å². The standard InChI is InChI=1S/C19H23N5O2/c1-23-15-12-20-19(21-14-8-3-4-9-16(14)26-2)22-18(15)24(11-10-17(23)25)13-6-5-7-13/h3-4,8-9,12-13H,5-7,10-11H2,1-2H3,(H,20,21,22). The lowest BCUT2D eigenvalue weighted by molar-refractivity contribution is -0.118. The molecular weight excluding hydrogens is 330 g/mol. The van der Waals surface area contributed by atoms with Gasteiger partial charge < -0.3 is 19.9 Å². The summed E-state index contributed by atoms with van der Waals surface area (Å²) in [6.07, 6.45) is 5.76. The zero-order valence-electron chi connectivity index (χ0n) is 15.1. The number of methoxy groups -OCH3 is 1. The number of hydrogen-bond donors (Lipinski definition) is 1. The molecule has 0 unspecified atom stereocenters. The minimum absolute atomic E-state index is 0.0992. The van der Waals surface area contributed by atoms with E-state index >= 15 is 0 Å². The molecule has 7 heteroatoms. The maximum Gasteiger partial charge on any atom is 0.229 e. The number of anilines is 4. The highest BCUT2D eigenvalue weighted by molar-refractivity contribution is 5.97. The van der Waals surface area contributed by atoms with Crippen LogP contribution in [-0.2, 0) is 4.79 Å². The molecular formula is C19H23N5O2. The highest BCUT2D eigenvalue weighted by Gasteiger charge is 2.32. The Morgan fingerprint density at radius 1 is 1.27 bits per heavy atom. The second-order valence-electron chi connectivity index (χ2n) is 6.71. The molecule has 0 spiro atoms. The van der Waals surface area contributed by atoms with Crippen LogP contribution in [0.4, 0.5) is 23.1 Å². The minimum atomic E-state index is 0.0992. The van der Waals surface area contributed by atoms with E-state index in [0.717, 1.165) is 35.8 Å². The SMILES string of the molecule is COc1ccccc1Nc1ncc2c(n1)N(C1CCC1)CCC(=O)N2C. The van der Waals surface area contributed by atoms with E-state index in [1.54, 1.807) is 25.3 Å². The molecule has 1 aliphatic carbocycles. The summed E-state index contributed by atoms with van der Waals surface area (Å²) in [5.41, 5.74) is 1.58. The molecule has 1 aromatic heterocycles. The van der Waals surface area contributed by atoms with Crippen molar-refractivity contribution in [1.29, 1.82) is 0 Å². The van der Waals surface area contributed by atoms with Gasteiger partial charge in [0.15, 0.2) is 5.82 Å². The number of aromatic nitrogens is 2. The van der Waals surface area contributed by atoms with Crippen molar-refractivity contribution >= 4 is 29.0 Å². The zero-order valence-corrected chi connectivity index (χ0v) is 15.1. The summed E-state index contributed by atoms with van der Waals surface area (Å²) in [6, 6.07) is 8.12. The van der Waals surface area contributed by atoms with Gasteiger partial charge in [0.2, 0.25) is 11.9 Å². The monoisotopic (exact) mass is 353 g/mol. The van der Waals surface area contributed by atoms with Gasteiger partial charge in [-0.15, -0.1) is 0 Å². The number of ether oxygens (including phenoxy) is 1. The van der Waals surface area contributed by atoms with Gasteiger partial charge in [-0.2, -0.15) is 4.98 Å². The van der Waals surface area contributed by atoms with Gasteiger partial charge in [-0.25, -0.2) is 4.98 Å². The Bertz CT molecular complexity index is 821. The largest absolute Gasteiger partial charge is 0.495 e. The lowest BCUT2D eigenvalue weighted by Crippen LogP contribution is -2.41. The highest BCUT2D eigenvalue weighted by atomic mass is 16.5. The number of amides is 1. The first-order valence-corrected chi connectivity index (χ1v) is 8.97. The summed E-state index contributed by atoms with van der Waals surface area (Å²) < 4.78 is 5.39. The molecule has 2 aromatic rings. The summed E-state index contributed by atoms with van der Waals surface area (Å²) in [5.74, 6) is 2.16. The van der Waals surface area contributed by atoms with E-state index in [1.165, 1.54) is 6.42 Å². The van der Waals surface area contributed by atoms with Crippen LogP contribution in [0, 0.1) is 0 Å². The molecule has 2 heterocycles. The van der Waals surface area contributed by atoms with Gasteiger partial charge in [-0.05, 0) is 31.4 Å². The van der Waals surface area contributed by atoms with Crippen LogP contribution in [0.2, 0.25) is 0 Å². The molecule has 2 aliphatic rings. The summed E-state index contributed by atoms with van der Waals surface area (Å²) in [6.45, 7) is 0.700. The van der Waals surface area contributed by atoms with Gasteiger partial charge in [0, 0.05) is 26.1 Å². The van der Waals surface area contributed by atoms with Crippen LogP contribution >= 0.6 is 0 Å². The Hall–Kier alpha value is -2.83. The topological polar surface area (TPSA) is 70.6 Å². The van der Waals surface area contributed by atoms with Crippen molar-refractivity contribution in [3.05, 3.63) is 30.5 Å². The minimum Gasteiger partial charge on any atom is -0.495 e. The lowest BCUT2D eigenvalue weighted by atomic mass is 9.91. The fourth-order valence-corrected chi connectivity index (χ4v) is 3.42. The van der Waals surface area contributed by atoms with Crippen LogP contribution in [-0.4, -0.2) is 42.6 Å². The normalized spacial score (nSPS) is 17.4. The van der Waals surface area contributed by atoms with Crippen LogP contribution in [0.5, 0.6) is 5.75 Å². The van der Waals surface area contributed by atoms with Gasteiger partial charge in [-0.1, -0.05) is 12.1 Å². The Morgan fingerprint density at radius 2 is 2.08 bits per heavy atom. The third-order valence-corrected chi connectivity index (χ3v) is 5.19. The van der Waals surface area contributed by atoms with Gasteiger partial charge in [0.05, 0.1) is 19.0 Å². The number of para-hydroxylation sites is 2. The van der Waals surface area contributed by atoms with E-state index in [1.807, 2.05) is 24.3 Å². The first-order valence-electron chi connectivity index (χ1n) is 8.97. The molecule has 0 saturated heterocycles. The first kappa shape index (κ1) is 16.6. The molecule has 1 N–H and O–H groups in total. The van der Waals surface area contributed by atoms with E-state index in [4.69, 9.17) is 9.72 Å². The predicted octanol–water partition coefficient (Wildman–Crippen LogP) is 2.95. The molecule has 1 saturated carbocycles. The molecule has 4 rings (SSSR count). The lowest BCUT2D eigenvalue weighted by Gasteiger charge is -2.38. The summed E-state index contributed by atoms with van der Waals surface area (Å²) in [7, 11) is 3.43. The Labute approximate surface area is 153 Å². The van der Waals surface area contributed by atoms with Crippen molar-refractivity contribution in [3.63, 3.8) is 0 Å². The van der Waals surface area contributed by atoms with Crippen molar-refractivity contribution in [2.24, 2.45) is 0 Å². The van der Waals surface area contributed by atoms with E-state index in [0.29, 0.717) is 25.0 Å². The van der Waals surface area contributed by atoms with Crippen molar-refractivity contribution in [2.45, 2.75) is 31.7 Å². The number of rotatable bonds is 4. The highest BCUT2D eigenvalue weighted by Crippen LogP contribution is 2.37. The number of nitrogens with one attached hydrogen (secondary N) is 1. The number of carbonyl (C=O) groups excluding carboxylic acids is 1. The van der Waals surface area contributed by atoms with Gasteiger partial charge >= 0.3 is 0 Å². The second kappa shape index (κ2) is 6.82. The van der Waals surface area contributed by atoms with E-state index < -0.39 is 0 Å². The van der Waals surface area contributed by atoms with Gasteiger partial charge in [0.25, 0.3) is 0 Å². The Balaban J connectivity index is 1.70. The second-order valence-corrected chi connectivity index (χ2v) is 6.71. The zero-order chi connectivity index (χ0) is 18.1. The molecule has 26 heavy (non-hydrogen) atoms. The van der Waals surface area contributed by atoms with Crippen molar-refractivity contribution < 1.29 is 9.53 Å². The number of carbonyl (C=O) groups is 1. The average molecular weight is 353 g/mol. The quantitative estimate of drug-likeness (QED) is 0.911. The van der Waals surface area contributed by atoms with E-state index in [2.05, 4.69) is 15.2 Å². The fourth-order valence-electron chi connectivity index (χ4n) is 3.42. The molecule has 1 aliphatic heterocycles. The van der Waals surface area contributed by atoms with Crippen molar-refractivity contribution in [1.82, 2.24) is 9.97 Å². The number of nitrogens with zero attached hydrogens (tertiary/aromatic N) is 4. The molecule has 0 radical (unpaired) electrons. The number of benzene rings is 1. The van der Waals surface area contributed by atoms with Crippen molar-refractivity contribution in [3.8, 4) is 5.75 Å². The predicted molar refractivity (Wildman–Crippen MR) is 101 cm³/mol. The van der Waals surface area contributed by atoms with Gasteiger partial charge in [0.1, 0.15) is 11.4 Å². The van der Waals surface area contributed by atoms with Crippen LogP contribution in [0.25, 0.3) is 0 Å². The fraction of sp³-hybridized carbons (Fsp3) is 0.421. The van der Waals surface area contributed by atoms with E-state index in [-0.39, 0.29) is 5.91 Å². The third-order valence-electron chi connectivity index (χ3n) is 5.19. The average Bonchev–Trinajstić information content (AvgIpc) is 2.73. The summed E-state index contributed by atoms with van der Waals surface area (Å²) in [4.78, 5) is 25.5. The van der Waals surface area contributed by atoms with Crippen LogP contribution in [0.1, 0.15) is 25.7 Å².